The summed E-state index contributed by atoms with van der Waals surface area (Å²) in [6.45, 7) is 1.63. The number of hydrogen-bond acceptors (Lipinski definition) is 3. The fourth-order valence-corrected chi connectivity index (χ4v) is 1.24. The molecule has 0 aliphatic rings. The van der Waals surface area contributed by atoms with Gasteiger partial charge in [0.1, 0.15) is 6.29 Å². The van der Waals surface area contributed by atoms with Gasteiger partial charge in [-0.1, -0.05) is 0 Å². The minimum absolute atomic E-state index is 0.323. The number of aldehydes is 1. The van der Waals surface area contributed by atoms with Gasteiger partial charge >= 0.3 is 6.03 Å². The van der Waals surface area contributed by atoms with Gasteiger partial charge in [0.05, 0.1) is 5.69 Å². The summed E-state index contributed by atoms with van der Waals surface area (Å²) < 4.78 is 0. The minimum atomic E-state index is -0.323. The summed E-state index contributed by atoms with van der Waals surface area (Å²) in [6.07, 6.45) is 2.16. The number of benzene rings is 1. The molecule has 0 saturated heterocycles. The van der Waals surface area contributed by atoms with Gasteiger partial charge in [0, 0.05) is 24.5 Å². The number of nitrogens with two attached hydrogens (primary N) is 1. The summed E-state index contributed by atoms with van der Waals surface area (Å²) in [6, 6.07) is 6.47. The van der Waals surface area contributed by atoms with Crippen LogP contribution in [0.3, 0.4) is 0 Å². The van der Waals surface area contributed by atoms with Crippen LogP contribution in [0.2, 0.25) is 0 Å². The van der Waals surface area contributed by atoms with Crippen molar-refractivity contribution in [1.29, 1.82) is 0 Å². The van der Waals surface area contributed by atoms with Crippen molar-refractivity contribution in [1.82, 2.24) is 5.32 Å². The van der Waals surface area contributed by atoms with Crippen LogP contribution in [-0.2, 0) is 4.79 Å². The summed E-state index contributed by atoms with van der Waals surface area (Å²) in [5.74, 6) is 0. The highest BCUT2D eigenvalue weighted by Crippen LogP contribution is 2.17. The van der Waals surface area contributed by atoms with E-state index in [0.717, 1.165) is 0 Å². The molecule has 0 unspecified atom stereocenters. The molecule has 0 fully saturated rings. The number of amides is 2. The Kier molecular flexibility index (Phi) is 4.28. The number of hydrogen-bond donors (Lipinski definition) is 2. The normalized spacial score (nSPS) is 10.8. The Balaban J connectivity index is 3.10. The molecule has 0 saturated carbocycles. The number of allylic oxidation sites excluding steroid dienone is 1. The first-order valence-corrected chi connectivity index (χ1v) is 5.08. The lowest BCUT2D eigenvalue weighted by atomic mass is 10.2. The Labute approximate surface area is 99.9 Å². The molecule has 5 heteroatoms. The SMILES string of the molecule is CNC(=O)N(/C=C(/C)C=O)c1ccc(N)cc1. The maximum Gasteiger partial charge on any atom is 0.325 e. The molecule has 0 aliphatic heterocycles. The number of nitrogens with one attached hydrogen (secondary N) is 1. The third kappa shape index (κ3) is 3.34. The van der Waals surface area contributed by atoms with Crippen LogP contribution in [0.5, 0.6) is 0 Å². The maximum absolute atomic E-state index is 11.7. The molecule has 0 aromatic heterocycles. The quantitative estimate of drug-likeness (QED) is 0.472. The van der Waals surface area contributed by atoms with E-state index in [-0.39, 0.29) is 6.03 Å². The van der Waals surface area contributed by atoms with E-state index in [4.69, 9.17) is 5.73 Å². The zero-order valence-corrected chi connectivity index (χ0v) is 9.81. The zero-order chi connectivity index (χ0) is 12.8. The fourth-order valence-electron chi connectivity index (χ4n) is 1.24. The molecule has 0 aliphatic carbocycles. The molecule has 0 radical (unpaired) electrons. The molecule has 0 atom stereocenters. The van der Waals surface area contributed by atoms with Gasteiger partial charge in [0.15, 0.2) is 0 Å². The molecule has 1 aromatic carbocycles. The van der Waals surface area contributed by atoms with E-state index in [0.29, 0.717) is 23.2 Å². The molecular weight excluding hydrogens is 218 g/mol. The van der Waals surface area contributed by atoms with Crippen molar-refractivity contribution < 1.29 is 9.59 Å². The van der Waals surface area contributed by atoms with Gasteiger partial charge in [-0.3, -0.25) is 9.69 Å². The summed E-state index contributed by atoms with van der Waals surface area (Å²) in [7, 11) is 1.52. The van der Waals surface area contributed by atoms with Crippen molar-refractivity contribution in [3.05, 3.63) is 36.0 Å². The summed E-state index contributed by atoms with van der Waals surface area (Å²) >= 11 is 0. The minimum Gasteiger partial charge on any atom is -0.399 e. The predicted molar refractivity (Wildman–Crippen MR) is 67.6 cm³/mol. The Morgan fingerprint density at radius 2 is 1.94 bits per heavy atom. The number of carbonyl (C=O) groups excluding carboxylic acids is 2. The van der Waals surface area contributed by atoms with E-state index in [1.165, 1.54) is 18.1 Å². The second-order valence-corrected chi connectivity index (χ2v) is 3.51. The van der Waals surface area contributed by atoms with Crippen LogP contribution in [0.15, 0.2) is 36.0 Å². The van der Waals surface area contributed by atoms with E-state index >= 15 is 0 Å². The Hall–Kier alpha value is -2.30. The Bertz CT molecular complexity index is 438. The van der Waals surface area contributed by atoms with Crippen molar-refractivity contribution in [3.8, 4) is 0 Å². The van der Waals surface area contributed by atoms with Crippen LogP contribution in [0, 0.1) is 0 Å². The average molecular weight is 233 g/mol. The fraction of sp³-hybridized carbons (Fsp3) is 0.167. The third-order valence-corrected chi connectivity index (χ3v) is 2.12. The van der Waals surface area contributed by atoms with Crippen LogP contribution < -0.4 is 16.0 Å². The van der Waals surface area contributed by atoms with Crippen molar-refractivity contribution in [2.75, 3.05) is 17.7 Å². The molecule has 1 rings (SSSR count). The van der Waals surface area contributed by atoms with E-state index in [1.807, 2.05) is 0 Å². The standard InChI is InChI=1S/C12H15N3O2/c1-9(8-16)7-15(12(17)14-2)11-5-3-10(13)4-6-11/h3-8H,13H2,1-2H3,(H,14,17)/b9-7-. The summed E-state index contributed by atoms with van der Waals surface area (Å²) in [4.78, 5) is 23.6. The molecule has 1 aromatic rings. The lowest BCUT2D eigenvalue weighted by Gasteiger charge is -2.18. The van der Waals surface area contributed by atoms with E-state index in [2.05, 4.69) is 5.32 Å². The van der Waals surface area contributed by atoms with Crippen molar-refractivity contribution in [2.45, 2.75) is 6.92 Å². The van der Waals surface area contributed by atoms with E-state index in [1.54, 1.807) is 31.2 Å². The van der Waals surface area contributed by atoms with E-state index in [9.17, 15) is 9.59 Å². The number of urea groups is 1. The highest BCUT2D eigenvalue weighted by atomic mass is 16.2. The number of carbonyl (C=O) groups is 2. The number of rotatable bonds is 3. The Morgan fingerprint density at radius 1 is 1.35 bits per heavy atom. The van der Waals surface area contributed by atoms with Crippen LogP contribution in [-0.4, -0.2) is 19.4 Å². The molecule has 0 bridgehead atoms. The van der Waals surface area contributed by atoms with Crippen LogP contribution in [0.1, 0.15) is 6.92 Å². The van der Waals surface area contributed by atoms with Crippen LogP contribution >= 0.6 is 0 Å². The zero-order valence-electron chi connectivity index (χ0n) is 9.81. The van der Waals surface area contributed by atoms with Gasteiger partial charge in [0.25, 0.3) is 0 Å². The summed E-state index contributed by atoms with van der Waals surface area (Å²) in [5.41, 5.74) is 7.27. The van der Waals surface area contributed by atoms with Gasteiger partial charge in [-0.15, -0.1) is 0 Å². The predicted octanol–water partition coefficient (Wildman–Crippen LogP) is 1.52. The molecular formula is C12H15N3O2. The molecule has 5 nitrogen and oxygen atoms in total. The number of nitrogens with zero attached hydrogens (tertiary/aromatic N) is 1. The topological polar surface area (TPSA) is 75.4 Å². The van der Waals surface area contributed by atoms with Gasteiger partial charge < -0.3 is 11.1 Å². The van der Waals surface area contributed by atoms with Crippen LogP contribution in [0.4, 0.5) is 16.2 Å². The highest BCUT2D eigenvalue weighted by molar-refractivity contribution is 5.95. The first kappa shape index (κ1) is 12.8. The molecule has 90 valence electrons. The van der Waals surface area contributed by atoms with Crippen LogP contribution in [0.25, 0.3) is 0 Å². The van der Waals surface area contributed by atoms with Gasteiger partial charge in [-0.25, -0.2) is 4.79 Å². The molecule has 17 heavy (non-hydrogen) atoms. The monoisotopic (exact) mass is 233 g/mol. The molecule has 0 heterocycles. The highest BCUT2D eigenvalue weighted by Gasteiger charge is 2.11. The molecule has 0 spiro atoms. The Morgan fingerprint density at radius 3 is 2.41 bits per heavy atom. The number of nitrogen functional groups attached to an aromatic ring is 1. The largest absolute Gasteiger partial charge is 0.399 e. The maximum atomic E-state index is 11.7. The lowest BCUT2D eigenvalue weighted by Crippen LogP contribution is -2.34. The van der Waals surface area contributed by atoms with Crippen molar-refractivity contribution >= 4 is 23.7 Å². The first-order valence-electron chi connectivity index (χ1n) is 5.08. The first-order chi connectivity index (χ1) is 8.08. The third-order valence-electron chi connectivity index (χ3n) is 2.12. The van der Waals surface area contributed by atoms with Gasteiger partial charge in [0.2, 0.25) is 0 Å². The second-order valence-electron chi connectivity index (χ2n) is 3.51. The van der Waals surface area contributed by atoms with Gasteiger partial charge in [-0.05, 0) is 31.2 Å². The number of anilines is 2. The van der Waals surface area contributed by atoms with E-state index < -0.39 is 0 Å². The van der Waals surface area contributed by atoms with Gasteiger partial charge in [-0.2, -0.15) is 0 Å². The van der Waals surface area contributed by atoms with Crippen molar-refractivity contribution in [3.63, 3.8) is 0 Å². The lowest BCUT2D eigenvalue weighted by molar-refractivity contribution is -0.104. The summed E-state index contributed by atoms with van der Waals surface area (Å²) in [5, 5.41) is 2.50. The van der Waals surface area contributed by atoms with Crippen molar-refractivity contribution in [2.24, 2.45) is 0 Å². The molecule has 3 N–H and O–H groups in total. The smallest absolute Gasteiger partial charge is 0.325 e. The molecule has 2 amide bonds. The average Bonchev–Trinajstić information content (AvgIpc) is 2.36. The second kappa shape index (κ2) is 5.69.